The second-order valence-electron chi connectivity index (χ2n) is 4.08. The SMILES string of the molecule is CC1(O)CCN(C(=O)c2ccoc2Cl)C1. The molecule has 2 heterocycles. The van der Waals surface area contributed by atoms with Crippen molar-refractivity contribution in [1.82, 2.24) is 4.90 Å². The minimum atomic E-state index is -0.786. The van der Waals surface area contributed by atoms with Gasteiger partial charge < -0.3 is 14.4 Å². The van der Waals surface area contributed by atoms with Gasteiger partial charge in [0, 0.05) is 13.1 Å². The number of aliphatic hydroxyl groups is 1. The van der Waals surface area contributed by atoms with Gasteiger partial charge in [0.15, 0.2) is 0 Å². The van der Waals surface area contributed by atoms with Gasteiger partial charge in [-0.1, -0.05) is 0 Å². The maximum absolute atomic E-state index is 11.9. The Morgan fingerprint density at radius 2 is 2.47 bits per heavy atom. The molecule has 82 valence electrons. The molecule has 5 heteroatoms. The molecular weight excluding hydrogens is 218 g/mol. The van der Waals surface area contributed by atoms with E-state index >= 15 is 0 Å². The average Bonchev–Trinajstić information content (AvgIpc) is 2.71. The molecule has 1 aliphatic rings. The maximum atomic E-state index is 11.9. The van der Waals surface area contributed by atoms with Crippen LogP contribution in [0.4, 0.5) is 0 Å². The van der Waals surface area contributed by atoms with E-state index in [1.807, 2.05) is 0 Å². The van der Waals surface area contributed by atoms with Gasteiger partial charge in [0.05, 0.1) is 17.4 Å². The number of carbonyl (C=O) groups excluding carboxylic acids is 1. The Kier molecular flexibility index (Phi) is 2.48. The standard InChI is InChI=1S/C10H12ClNO3/c1-10(14)3-4-12(6-10)9(13)7-2-5-15-8(7)11/h2,5,14H,3-4,6H2,1H3. The zero-order chi connectivity index (χ0) is 11.1. The molecule has 0 spiro atoms. The Balaban J connectivity index is 2.14. The van der Waals surface area contributed by atoms with E-state index in [1.54, 1.807) is 11.8 Å². The summed E-state index contributed by atoms with van der Waals surface area (Å²) in [7, 11) is 0. The molecule has 1 atom stereocenters. The van der Waals surface area contributed by atoms with Crippen LogP contribution in [0.3, 0.4) is 0 Å². The van der Waals surface area contributed by atoms with E-state index in [2.05, 4.69) is 0 Å². The number of carbonyl (C=O) groups is 1. The number of nitrogens with zero attached hydrogens (tertiary/aromatic N) is 1. The smallest absolute Gasteiger partial charge is 0.258 e. The van der Waals surface area contributed by atoms with Crippen LogP contribution in [0.25, 0.3) is 0 Å². The van der Waals surface area contributed by atoms with Gasteiger partial charge in [0.2, 0.25) is 5.22 Å². The Bertz CT molecular complexity index is 386. The highest BCUT2D eigenvalue weighted by molar-refractivity contribution is 6.32. The first-order valence-corrected chi connectivity index (χ1v) is 5.12. The third-order valence-corrected chi connectivity index (χ3v) is 2.88. The zero-order valence-electron chi connectivity index (χ0n) is 8.36. The molecule has 1 N–H and O–H groups in total. The maximum Gasteiger partial charge on any atom is 0.258 e. The number of hydrogen-bond acceptors (Lipinski definition) is 3. The summed E-state index contributed by atoms with van der Waals surface area (Å²) in [5.41, 5.74) is -0.430. The second kappa shape index (κ2) is 3.54. The van der Waals surface area contributed by atoms with Gasteiger partial charge in [0.25, 0.3) is 5.91 Å². The third kappa shape index (κ3) is 2.01. The Hall–Kier alpha value is -1.00. The second-order valence-corrected chi connectivity index (χ2v) is 4.42. The summed E-state index contributed by atoms with van der Waals surface area (Å²) in [6, 6.07) is 1.54. The van der Waals surface area contributed by atoms with Crippen LogP contribution in [0, 0.1) is 0 Å². The van der Waals surface area contributed by atoms with Crippen molar-refractivity contribution in [3.05, 3.63) is 23.1 Å². The minimum Gasteiger partial charge on any atom is -0.452 e. The first-order chi connectivity index (χ1) is 6.99. The first-order valence-electron chi connectivity index (χ1n) is 4.74. The molecule has 0 bridgehead atoms. The summed E-state index contributed by atoms with van der Waals surface area (Å²) in [6.45, 7) is 2.61. The molecule has 1 fully saturated rings. The first kappa shape index (κ1) is 10.5. The highest BCUT2D eigenvalue weighted by Crippen LogP contribution is 2.25. The van der Waals surface area contributed by atoms with Gasteiger partial charge in [-0.25, -0.2) is 0 Å². The van der Waals surface area contributed by atoms with Crippen LogP contribution in [0.2, 0.25) is 5.22 Å². The lowest BCUT2D eigenvalue weighted by Crippen LogP contribution is -2.33. The molecule has 0 saturated carbocycles. The molecule has 0 aromatic carbocycles. The average molecular weight is 230 g/mol. The zero-order valence-corrected chi connectivity index (χ0v) is 9.12. The number of furan rings is 1. The van der Waals surface area contributed by atoms with Crippen LogP contribution >= 0.6 is 11.6 Å². The van der Waals surface area contributed by atoms with Crippen LogP contribution in [0.5, 0.6) is 0 Å². The molecule has 4 nitrogen and oxygen atoms in total. The molecule has 1 aromatic heterocycles. The lowest BCUT2D eigenvalue weighted by molar-refractivity contribution is 0.0572. The van der Waals surface area contributed by atoms with Crippen molar-refractivity contribution in [3.8, 4) is 0 Å². The third-order valence-electron chi connectivity index (χ3n) is 2.59. The Labute approximate surface area is 92.4 Å². The van der Waals surface area contributed by atoms with E-state index in [4.69, 9.17) is 16.0 Å². The van der Waals surface area contributed by atoms with E-state index in [-0.39, 0.29) is 11.1 Å². The molecule has 1 aromatic rings. The van der Waals surface area contributed by atoms with Crippen molar-refractivity contribution in [2.45, 2.75) is 18.9 Å². The molecule has 2 rings (SSSR count). The van der Waals surface area contributed by atoms with Crippen LogP contribution in [0.1, 0.15) is 23.7 Å². The quantitative estimate of drug-likeness (QED) is 0.795. The summed E-state index contributed by atoms with van der Waals surface area (Å²) < 4.78 is 4.85. The van der Waals surface area contributed by atoms with Crippen LogP contribution in [-0.2, 0) is 0 Å². The van der Waals surface area contributed by atoms with Crippen molar-refractivity contribution >= 4 is 17.5 Å². The molecule has 1 amide bonds. The number of rotatable bonds is 1. The highest BCUT2D eigenvalue weighted by atomic mass is 35.5. The van der Waals surface area contributed by atoms with Crippen molar-refractivity contribution in [2.24, 2.45) is 0 Å². The van der Waals surface area contributed by atoms with Crippen molar-refractivity contribution in [1.29, 1.82) is 0 Å². The molecule has 1 aliphatic heterocycles. The highest BCUT2D eigenvalue weighted by Gasteiger charge is 2.35. The number of likely N-dealkylation sites (tertiary alicyclic amines) is 1. The van der Waals surface area contributed by atoms with E-state index in [0.29, 0.717) is 25.1 Å². The normalized spacial score (nSPS) is 25.9. The van der Waals surface area contributed by atoms with Gasteiger partial charge in [-0.05, 0) is 31.0 Å². The minimum absolute atomic E-state index is 0.103. The lowest BCUT2D eigenvalue weighted by atomic mass is 10.1. The fraction of sp³-hybridized carbons (Fsp3) is 0.500. The van der Waals surface area contributed by atoms with Gasteiger partial charge >= 0.3 is 0 Å². The van der Waals surface area contributed by atoms with E-state index in [1.165, 1.54) is 12.3 Å². The molecule has 15 heavy (non-hydrogen) atoms. The Morgan fingerprint density at radius 3 is 2.93 bits per heavy atom. The summed E-state index contributed by atoms with van der Waals surface area (Å²) in [6.07, 6.45) is 1.97. The number of β-amino-alcohol motifs (C(OH)–C–C–N with tert-alkyl or cyclic N) is 1. The van der Waals surface area contributed by atoms with Gasteiger partial charge in [-0.15, -0.1) is 0 Å². The monoisotopic (exact) mass is 229 g/mol. The predicted octanol–water partition coefficient (Wildman–Crippen LogP) is 1.53. The number of amides is 1. The van der Waals surface area contributed by atoms with Crippen LogP contribution < -0.4 is 0 Å². The molecular formula is C10H12ClNO3. The predicted molar refractivity (Wildman–Crippen MR) is 54.9 cm³/mol. The number of halogens is 1. The van der Waals surface area contributed by atoms with Gasteiger partial charge in [0.1, 0.15) is 0 Å². The Morgan fingerprint density at radius 1 is 1.73 bits per heavy atom. The van der Waals surface area contributed by atoms with Crippen LogP contribution in [-0.4, -0.2) is 34.6 Å². The van der Waals surface area contributed by atoms with E-state index in [9.17, 15) is 9.90 Å². The van der Waals surface area contributed by atoms with Crippen molar-refractivity contribution in [3.63, 3.8) is 0 Å². The molecule has 1 saturated heterocycles. The van der Waals surface area contributed by atoms with E-state index < -0.39 is 5.60 Å². The van der Waals surface area contributed by atoms with Gasteiger partial charge in [-0.3, -0.25) is 4.79 Å². The summed E-state index contributed by atoms with van der Waals surface area (Å²) in [5, 5.41) is 9.83. The fourth-order valence-corrected chi connectivity index (χ4v) is 1.93. The van der Waals surface area contributed by atoms with Crippen LogP contribution in [0.15, 0.2) is 16.7 Å². The molecule has 0 aliphatic carbocycles. The topological polar surface area (TPSA) is 53.7 Å². The summed E-state index contributed by atoms with van der Waals surface area (Å²) in [5.74, 6) is -0.188. The molecule has 1 unspecified atom stereocenters. The number of hydrogen-bond donors (Lipinski definition) is 1. The summed E-state index contributed by atoms with van der Waals surface area (Å²) in [4.78, 5) is 13.5. The molecule has 0 radical (unpaired) electrons. The van der Waals surface area contributed by atoms with Gasteiger partial charge in [-0.2, -0.15) is 0 Å². The van der Waals surface area contributed by atoms with Crippen molar-refractivity contribution in [2.75, 3.05) is 13.1 Å². The summed E-state index contributed by atoms with van der Waals surface area (Å²) >= 11 is 5.71. The van der Waals surface area contributed by atoms with Crippen molar-refractivity contribution < 1.29 is 14.3 Å². The largest absolute Gasteiger partial charge is 0.452 e. The fourth-order valence-electron chi connectivity index (χ4n) is 1.73. The van der Waals surface area contributed by atoms with E-state index in [0.717, 1.165) is 0 Å². The lowest BCUT2D eigenvalue weighted by Gasteiger charge is -2.18.